The number of aryl methyl sites for hydroxylation is 2. The quantitative estimate of drug-likeness (QED) is 0.547. The van der Waals surface area contributed by atoms with E-state index in [9.17, 15) is 9.90 Å². The first-order chi connectivity index (χ1) is 15.2. The number of nitrogens with one attached hydrogen (secondary N) is 1. The van der Waals surface area contributed by atoms with Crippen molar-refractivity contribution in [3.8, 4) is 0 Å². The Bertz CT molecular complexity index is 921. The number of likely N-dealkylation sites (tertiary alicyclic amines) is 1. The van der Waals surface area contributed by atoms with Crippen molar-refractivity contribution in [1.29, 1.82) is 0 Å². The second-order valence-electron chi connectivity index (χ2n) is 8.49. The Hall–Kier alpha value is -2.83. The molecular formula is C20H30N6O6. The number of carbonyl (C=O) groups excluding carboxylic acids is 1. The average Bonchev–Trinajstić information content (AvgIpc) is 3.35. The summed E-state index contributed by atoms with van der Waals surface area (Å²) in [5.41, 5.74) is -0.677. The summed E-state index contributed by atoms with van der Waals surface area (Å²) in [6, 6.07) is 1.66. The van der Waals surface area contributed by atoms with Gasteiger partial charge in [0.1, 0.15) is 11.8 Å². The van der Waals surface area contributed by atoms with E-state index in [1.54, 1.807) is 26.2 Å². The van der Waals surface area contributed by atoms with E-state index in [4.69, 9.17) is 19.1 Å². The minimum absolute atomic E-state index is 0.199. The Kier molecular flexibility index (Phi) is 7.26. The molecule has 12 heteroatoms. The van der Waals surface area contributed by atoms with Gasteiger partial charge in [-0.25, -0.2) is 0 Å². The molecule has 2 aromatic heterocycles. The van der Waals surface area contributed by atoms with Crippen LogP contribution in [-0.2, 0) is 23.1 Å². The van der Waals surface area contributed by atoms with Crippen LogP contribution in [0.2, 0.25) is 0 Å². The lowest BCUT2D eigenvalue weighted by Crippen LogP contribution is -2.65. The summed E-state index contributed by atoms with van der Waals surface area (Å²) in [6.07, 6.45) is 2.98. The number of aliphatic hydroxyl groups excluding tert-OH is 1. The van der Waals surface area contributed by atoms with Crippen LogP contribution in [0.25, 0.3) is 0 Å². The van der Waals surface area contributed by atoms with Crippen molar-refractivity contribution in [3.05, 3.63) is 29.7 Å². The Labute approximate surface area is 185 Å². The predicted octanol–water partition coefficient (Wildman–Crippen LogP) is 0.117. The van der Waals surface area contributed by atoms with Crippen LogP contribution in [0.1, 0.15) is 48.5 Å². The van der Waals surface area contributed by atoms with Crippen LogP contribution in [-0.4, -0.2) is 84.4 Å². The summed E-state index contributed by atoms with van der Waals surface area (Å²) in [4.78, 5) is 23.3. The molecule has 3 N–H and O–H groups in total. The van der Waals surface area contributed by atoms with Gasteiger partial charge in [0.25, 0.3) is 12.4 Å². The highest BCUT2D eigenvalue weighted by molar-refractivity contribution is 5.93. The number of ether oxygens (including phenoxy) is 1. The van der Waals surface area contributed by atoms with Crippen molar-refractivity contribution in [1.82, 2.24) is 30.2 Å². The summed E-state index contributed by atoms with van der Waals surface area (Å²) < 4.78 is 13.1. The van der Waals surface area contributed by atoms with Gasteiger partial charge < -0.3 is 24.7 Å². The molecule has 2 aliphatic rings. The molecular weight excluding hydrogens is 420 g/mol. The Morgan fingerprint density at radius 1 is 1.38 bits per heavy atom. The number of carboxylic acid groups (broad SMARTS) is 1. The third kappa shape index (κ3) is 5.31. The van der Waals surface area contributed by atoms with E-state index in [1.807, 2.05) is 6.92 Å². The molecule has 0 aromatic carbocycles. The molecule has 2 atom stereocenters. The summed E-state index contributed by atoms with van der Waals surface area (Å²) in [7, 11) is 1.72. The lowest BCUT2D eigenvalue weighted by Gasteiger charge is -2.51. The van der Waals surface area contributed by atoms with Crippen molar-refractivity contribution < 1.29 is 29.0 Å². The second-order valence-corrected chi connectivity index (χ2v) is 8.49. The lowest BCUT2D eigenvalue weighted by molar-refractivity contribution is -0.178. The van der Waals surface area contributed by atoms with Crippen LogP contribution in [0.15, 0.2) is 16.7 Å². The maximum absolute atomic E-state index is 12.7. The van der Waals surface area contributed by atoms with Crippen LogP contribution >= 0.6 is 0 Å². The van der Waals surface area contributed by atoms with E-state index >= 15 is 0 Å². The summed E-state index contributed by atoms with van der Waals surface area (Å²) >= 11 is 0. The topological polar surface area (TPSA) is 156 Å². The molecule has 0 saturated carbocycles. The number of aliphatic hydroxyl groups is 1. The first kappa shape index (κ1) is 23.8. The van der Waals surface area contributed by atoms with Crippen LogP contribution in [0.5, 0.6) is 0 Å². The molecule has 0 radical (unpaired) electrons. The van der Waals surface area contributed by atoms with E-state index in [2.05, 4.69) is 25.5 Å². The van der Waals surface area contributed by atoms with Crippen molar-refractivity contribution in [2.75, 3.05) is 19.7 Å². The molecule has 2 aliphatic heterocycles. The van der Waals surface area contributed by atoms with Gasteiger partial charge in [0.15, 0.2) is 0 Å². The zero-order valence-electron chi connectivity index (χ0n) is 18.5. The zero-order valence-corrected chi connectivity index (χ0v) is 18.5. The van der Waals surface area contributed by atoms with Crippen molar-refractivity contribution in [2.24, 2.45) is 7.05 Å². The normalized spacial score (nSPS) is 25.1. The van der Waals surface area contributed by atoms with Gasteiger partial charge in [-0.05, 0) is 25.8 Å². The highest BCUT2D eigenvalue weighted by Crippen LogP contribution is 2.40. The van der Waals surface area contributed by atoms with E-state index < -0.39 is 11.6 Å². The maximum Gasteiger partial charge on any atom is 0.290 e. The number of aromatic nitrogens is 4. The van der Waals surface area contributed by atoms with E-state index in [0.29, 0.717) is 30.4 Å². The number of carbonyl (C=O) groups is 2. The Morgan fingerprint density at radius 3 is 2.62 bits per heavy atom. The molecule has 1 spiro atoms. The molecule has 2 saturated heterocycles. The Morgan fingerprint density at radius 2 is 2.06 bits per heavy atom. The highest BCUT2D eigenvalue weighted by Gasteiger charge is 2.50. The highest BCUT2D eigenvalue weighted by atomic mass is 16.5. The molecule has 2 fully saturated rings. The third-order valence-corrected chi connectivity index (χ3v) is 6.12. The third-order valence-electron chi connectivity index (χ3n) is 6.12. The SMILES string of the molecule is Cc1nnc(CN2CCC3(CC2)C[C@@](C)(NC(=O)c2ccnn2C)[C@H](O)CO3)o1.O=CO. The van der Waals surface area contributed by atoms with Crippen LogP contribution in [0.4, 0.5) is 0 Å². The second kappa shape index (κ2) is 9.76. The number of hydrogen-bond acceptors (Lipinski definition) is 9. The number of nitrogens with zero attached hydrogens (tertiary/aromatic N) is 5. The minimum Gasteiger partial charge on any atom is -0.483 e. The lowest BCUT2D eigenvalue weighted by atomic mass is 9.74. The number of hydrogen-bond donors (Lipinski definition) is 3. The molecule has 176 valence electrons. The van der Waals surface area contributed by atoms with E-state index in [0.717, 1.165) is 25.9 Å². The molecule has 12 nitrogen and oxygen atoms in total. The Balaban J connectivity index is 0.000000913. The van der Waals surface area contributed by atoms with Crippen LogP contribution < -0.4 is 5.32 Å². The van der Waals surface area contributed by atoms with Gasteiger partial charge in [0.05, 0.1) is 24.3 Å². The molecule has 1 amide bonds. The van der Waals surface area contributed by atoms with Gasteiger partial charge in [-0.15, -0.1) is 10.2 Å². The van der Waals surface area contributed by atoms with Crippen LogP contribution in [0.3, 0.4) is 0 Å². The van der Waals surface area contributed by atoms with Gasteiger partial charge in [0.2, 0.25) is 11.8 Å². The number of amides is 1. The predicted molar refractivity (Wildman–Crippen MR) is 111 cm³/mol. The van der Waals surface area contributed by atoms with E-state index in [1.165, 1.54) is 4.68 Å². The van der Waals surface area contributed by atoms with Crippen LogP contribution in [0, 0.1) is 6.92 Å². The molecule has 2 aromatic rings. The number of rotatable bonds is 4. The van der Waals surface area contributed by atoms with Gasteiger partial charge in [-0.1, -0.05) is 0 Å². The largest absolute Gasteiger partial charge is 0.483 e. The van der Waals surface area contributed by atoms with Gasteiger partial charge >= 0.3 is 0 Å². The molecule has 4 rings (SSSR count). The average molecular weight is 450 g/mol. The van der Waals surface area contributed by atoms with Crippen molar-refractivity contribution in [2.45, 2.75) is 56.9 Å². The summed E-state index contributed by atoms with van der Waals surface area (Å²) in [5.74, 6) is 0.942. The fraction of sp³-hybridized carbons (Fsp3) is 0.650. The van der Waals surface area contributed by atoms with Crippen molar-refractivity contribution in [3.63, 3.8) is 0 Å². The number of piperidine rings is 1. The summed E-state index contributed by atoms with van der Waals surface area (Å²) in [5, 5.41) is 32.5. The molecule has 0 bridgehead atoms. The van der Waals surface area contributed by atoms with Gasteiger partial charge in [0, 0.05) is 39.7 Å². The fourth-order valence-electron chi connectivity index (χ4n) is 4.36. The standard InChI is InChI=1S/C19H28N6O4.CH2O2/c1-13-22-23-16(29-13)10-25-8-5-19(6-9-25)12-18(2,15(26)11-28-19)21-17(27)14-4-7-20-24(14)3;2-1-3/h4,7,15,26H,5-6,8-12H2,1-3H3,(H,21,27);1H,(H,2,3)/t15-,18-;/m1./s1. The fourth-order valence-corrected chi connectivity index (χ4v) is 4.36. The van der Waals surface area contributed by atoms with E-state index in [-0.39, 0.29) is 24.6 Å². The van der Waals surface area contributed by atoms with Gasteiger partial charge in [-0.2, -0.15) is 5.10 Å². The molecule has 4 heterocycles. The molecule has 0 unspecified atom stereocenters. The van der Waals surface area contributed by atoms with Gasteiger partial charge in [-0.3, -0.25) is 19.2 Å². The monoisotopic (exact) mass is 450 g/mol. The first-order valence-corrected chi connectivity index (χ1v) is 10.4. The smallest absolute Gasteiger partial charge is 0.290 e. The zero-order chi connectivity index (χ0) is 23.4. The maximum atomic E-state index is 12.7. The molecule has 0 aliphatic carbocycles. The van der Waals surface area contributed by atoms with Crippen molar-refractivity contribution >= 4 is 12.4 Å². The minimum atomic E-state index is -0.773. The summed E-state index contributed by atoms with van der Waals surface area (Å²) in [6.45, 7) is 5.89. The molecule has 32 heavy (non-hydrogen) atoms. The first-order valence-electron chi connectivity index (χ1n) is 10.4.